The number of nitrogens with two attached hydrogens (primary N) is 1. The van der Waals surface area contributed by atoms with E-state index in [1.807, 2.05) is 59.1 Å². The van der Waals surface area contributed by atoms with Gasteiger partial charge in [-0.3, -0.25) is 4.79 Å². The van der Waals surface area contributed by atoms with E-state index in [-0.39, 0.29) is 12.3 Å². The number of fused-ring (bicyclic) bond motifs is 1. The van der Waals surface area contributed by atoms with Gasteiger partial charge in [0.05, 0.1) is 6.42 Å². The van der Waals surface area contributed by atoms with Gasteiger partial charge in [-0.25, -0.2) is 0 Å². The van der Waals surface area contributed by atoms with Crippen LogP contribution >= 0.6 is 0 Å². The minimum absolute atomic E-state index is 0.238. The predicted molar refractivity (Wildman–Crippen MR) is 75.7 cm³/mol. The number of rotatable bonds is 3. The number of hydrogen-bond donors (Lipinski definition) is 1. The van der Waals surface area contributed by atoms with E-state index in [1.165, 1.54) is 0 Å². The molecule has 1 amide bonds. The number of aromatic nitrogens is 1. The molecule has 94 valence electrons. The highest BCUT2D eigenvalue weighted by Crippen LogP contribution is 2.27. The second-order valence-electron chi connectivity index (χ2n) is 4.51. The monoisotopic (exact) mass is 250 g/mol. The normalized spacial score (nSPS) is 10.7. The minimum atomic E-state index is -0.318. The molecule has 0 aliphatic heterocycles. The second kappa shape index (κ2) is 4.61. The quantitative estimate of drug-likeness (QED) is 0.763. The zero-order valence-corrected chi connectivity index (χ0v) is 10.4. The third kappa shape index (κ3) is 2.10. The van der Waals surface area contributed by atoms with Crippen molar-refractivity contribution in [2.45, 2.75) is 6.42 Å². The molecule has 3 aromatic rings. The van der Waals surface area contributed by atoms with E-state index >= 15 is 0 Å². The van der Waals surface area contributed by atoms with Crippen molar-refractivity contribution in [1.29, 1.82) is 0 Å². The SMILES string of the molecule is NC(=O)Cc1c(-c2ccccc2)cc2ccccn12. The van der Waals surface area contributed by atoms with Gasteiger partial charge in [-0.1, -0.05) is 36.4 Å². The van der Waals surface area contributed by atoms with Crippen molar-refractivity contribution in [2.75, 3.05) is 0 Å². The van der Waals surface area contributed by atoms with E-state index in [0.29, 0.717) is 0 Å². The van der Waals surface area contributed by atoms with E-state index in [0.717, 1.165) is 22.3 Å². The maximum atomic E-state index is 11.3. The summed E-state index contributed by atoms with van der Waals surface area (Å²) in [6, 6.07) is 18.1. The highest BCUT2D eigenvalue weighted by Gasteiger charge is 2.13. The number of amides is 1. The summed E-state index contributed by atoms with van der Waals surface area (Å²) in [5.74, 6) is -0.318. The molecule has 0 spiro atoms. The lowest BCUT2D eigenvalue weighted by atomic mass is 10.0. The zero-order valence-electron chi connectivity index (χ0n) is 10.4. The van der Waals surface area contributed by atoms with E-state index in [2.05, 4.69) is 6.07 Å². The van der Waals surface area contributed by atoms with Crippen LogP contribution in [0.4, 0.5) is 0 Å². The summed E-state index contributed by atoms with van der Waals surface area (Å²) in [6.07, 6.45) is 2.20. The molecule has 19 heavy (non-hydrogen) atoms. The number of carbonyl (C=O) groups excluding carboxylic acids is 1. The summed E-state index contributed by atoms with van der Waals surface area (Å²) in [7, 11) is 0. The molecule has 0 aliphatic rings. The summed E-state index contributed by atoms with van der Waals surface area (Å²) in [6.45, 7) is 0. The molecule has 0 bridgehead atoms. The molecule has 0 saturated carbocycles. The first kappa shape index (κ1) is 11.5. The van der Waals surface area contributed by atoms with Crippen LogP contribution < -0.4 is 5.73 Å². The Balaban J connectivity index is 2.26. The number of primary amides is 1. The Morgan fingerprint density at radius 3 is 2.53 bits per heavy atom. The lowest BCUT2D eigenvalue weighted by molar-refractivity contribution is -0.117. The van der Waals surface area contributed by atoms with Gasteiger partial charge in [-0.2, -0.15) is 0 Å². The molecule has 3 nitrogen and oxygen atoms in total. The standard InChI is InChI=1S/C16H14N2O/c17-16(19)11-15-14(12-6-2-1-3-7-12)10-13-8-4-5-9-18(13)15/h1-10H,11H2,(H2,17,19). The fourth-order valence-electron chi connectivity index (χ4n) is 2.39. The van der Waals surface area contributed by atoms with Crippen LogP contribution in [-0.4, -0.2) is 10.3 Å². The van der Waals surface area contributed by atoms with Crippen LogP contribution in [0.1, 0.15) is 5.69 Å². The topological polar surface area (TPSA) is 47.5 Å². The largest absolute Gasteiger partial charge is 0.369 e. The minimum Gasteiger partial charge on any atom is -0.369 e. The van der Waals surface area contributed by atoms with Crippen LogP contribution in [0.2, 0.25) is 0 Å². The van der Waals surface area contributed by atoms with E-state index in [9.17, 15) is 4.79 Å². The van der Waals surface area contributed by atoms with Gasteiger partial charge in [0.1, 0.15) is 0 Å². The van der Waals surface area contributed by atoms with Crippen molar-refractivity contribution in [3.05, 3.63) is 66.5 Å². The molecule has 0 fully saturated rings. The molecule has 1 aromatic carbocycles. The van der Waals surface area contributed by atoms with Crippen molar-refractivity contribution >= 4 is 11.4 Å². The van der Waals surface area contributed by atoms with Gasteiger partial charge in [-0.15, -0.1) is 0 Å². The Labute approximate surface area is 111 Å². The first-order valence-corrected chi connectivity index (χ1v) is 6.18. The van der Waals surface area contributed by atoms with Gasteiger partial charge in [0.15, 0.2) is 0 Å². The van der Waals surface area contributed by atoms with Crippen LogP contribution in [0.25, 0.3) is 16.6 Å². The summed E-state index contributed by atoms with van der Waals surface area (Å²) in [4.78, 5) is 11.3. The van der Waals surface area contributed by atoms with Crippen LogP contribution in [0.5, 0.6) is 0 Å². The lowest BCUT2D eigenvalue weighted by Crippen LogP contribution is -2.15. The van der Waals surface area contributed by atoms with Gasteiger partial charge in [0.2, 0.25) is 5.91 Å². The number of pyridine rings is 1. The molecule has 0 radical (unpaired) electrons. The van der Waals surface area contributed by atoms with Gasteiger partial charge in [-0.05, 0) is 23.8 Å². The molecule has 0 aliphatic carbocycles. The first-order chi connectivity index (χ1) is 9.25. The van der Waals surface area contributed by atoms with E-state index < -0.39 is 0 Å². The maximum Gasteiger partial charge on any atom is 0.223 e. The average molecular weight is 250 g/mol. The number of carbonyl (C=O) groups is 1. The van der Waals surface area contributed by atoms with Gasteiger partial charge in [0, 0.05) is 23.0 Å². The molecule has 3 rings (SSSR count). The smallest absolute Gasteiger partial charge is 0.223 e. The summed E-state index contributed by atoms with van der Waals surface area (Å²) in [5, 5.41) is 0. The van der Waals surface area contributed by atoms with Crippen LogP contribution in [0.15, 0.2) is 60.8 Å². The van der Waals surface area contributed by atoms with Crippen LogP contribution in [0.3, 0.4) is 0 Å². The summed E-state index contributed by atoms with van der Waals surface area (Å²) in [5.41, 5.74) is 9.54. The molecular weight excluding hydrogens is 236 g/mol. The molecule has 0 unspecified atom stereocenters. The molecule has 2 heterocycles. The Kier molecular flexibility index (Phi) is 2.80. The molecule has 0 saturated heterocycles. The Bertz CT molecular complexity index is 729. The van der Waals surface area contributed by atoms with Gasteiger partial charge >= 0.3 is 0 Å². The van der Waals surface area contributed by atoms with Gasteiger partial charge < -0.3 is 10.1 Å². The Morgan fingerprint density at radius 2 is 1.79 bits per heavy atom. The van der Waals surface area contributed by atoms with E-state index in [1.54, 1.807) is 0 Å². The molecule has 2 aromatic heterocycles. The highest BCUT2D eigenvalue weighted by atomic mass is 16.1. The van der Waals surface area contributed by atoms with Crippen molar-refractivity contribution in [2.24, 2.45) is 5.73 Å². The Hall–Kier alpha value is -2.55. The number of benzene rings is 1. The van der Waals surface area contributed by atoms with Crippen molar-refractivity contribution < 1.29 is 4.79 Å². The molecule has 0 atom stereocenters. The maximum absolute atomic E-state index is 11.3. The molecule has 3 heteroatoms. The first-order valence-electron chi connectivity index (χ1n) is 6.18. The number of hydrogen-bond acceptors (Lipinski definition) is 1. The third-order valence-electron chi connectivity index (χ3n) is 3.21. The fourth-order valence-corrected chi connectivity index (χ4v) is 2.39. The van der Waals surface area contributed by atoms with Crippen molar-refractivity contribution in [1.82, 2.24) is 4.40 Å². The number of nitrogens with zero attached hydrogens (tertiary/aromatic N) is 1. The third-order valence-corrected chi connectivity index (χ3v) is 3.21. The second-order valence-corrected chi connectivity index (χ2v) is 4.51. The lowest BCUT2D eigenvalue weighted by Gasteiger charge is -2.04. The van der Waals surface area contributed by atoms with Gasteiger partial charge in [0.25, 0.3) is 0 Å². The summed E-state index contributed by atoms with van der Waals surface area (Å²) >= 11 is 0. The highest BCUT2D eigenvalue weighted by molar-refractivity contribution is 5.82. The van der Waals surface area contributed by atoms with Crippen LogP contribution in [-0.2, 0) is 11.2 Å². The Morgan fingerprint density at radius 1 is 1.05 bits per heavy atom. The molecular formula is C16H14N2O. The molecule has 2 N–H and O–H groups in total. The van der Waals surface area contributed by atoms with E-state index in [4.69, 9.17) is 5.73 Å². The zero-order chi connectivity index (χ0) is 13.2. The summed E-state index contributed by atoms with van der Waals surface area (Å²) < 4.78 is 2.02. The van der Waals surface area contributed by atoms with Crippen LogP contribution in [0, 0.1) is 0 Å². The predicted octanol–water partition coefficient (Wildman–Crippen LogP) is 2.63. The fraction of sp³-hybridized carbons (Fsp3) is 0.0625. The van der Waals surface area contributed by atoms with Crippen molar-refractivity contribution in [3.8, 4) is 11.1 Å². The average Bonchev–Trinajstić information content (AvgIpc) is 2.78. The van der Waals surface area contributed by atoms with Crippen molar-refractivity contribution in [3.63, 3.8) is 0 Å².